The van der Waals surface area contributed by atoms with Gasteiger partial charge in [-0.3, -0.25) is 0 Å². The first-order chi connectivity index (χ1) is 10.4. The summed E-state index contributed by atoms with van der Waals surface area (Å²) in [5.74, 6) is 0. The van der Waals surface area contributed by atoms with Gasteiger partial charge in [-0.2, -0.15) is 0 Å². The molecule has 0 spiro atoms. The maximum absolute atomic E-state index is 2.53. The monoisotopic (exact) mass is 267 g/mol. The number of aromatic nitrogens is 1. The van der Waals surface area contributed by atoms with E-state index in [9.17, 15) is 0 Å². The Balaban J connectivity index is 2.04. The third-order valence-electron chi connectivity index (χ3n) is 5.17. The van der Waals surface area contributed by atoms with Crippen molar-refractivity contribution < 1.29 is 0 Å². The minimum atomic E-state index is 1.06. The van der Waals surface area contributed by atoms with Gasteiger partial charge in [0.1, 0.15) is 0 Å². The first-order valence-electron chi connectivity index (χ1n) is 7.57. The van der Waals surface area contributed by atoms with E-state index in [1.165, 1.54) is 49.7 Å². The molecule has 0 saturated carbocycles. The van der Waals surface area contributed by atoms with Crippen LogP contribution in [-0.4, -0.2) is 4.57 Å². The molecular formula is C20H13N. The molecule has 3 heterocycles. The van der Waals surface area contributed by atoms with Crippen molar-refractivity contribution in [3.63, 3.8) is 0 Å². The molecular weight excluding hydrogens is 254 g/mol. The van der Waals surface area contributed by atoms with Gasteiger partial charge in [-0.15, -0.1) is 0 Å². The van der Waals surface area contributed by atoms with Gasteiger partial charge in [0.2, 0.25) is 0 Å². The lowest BCUT2D eigenvalue weighted by molar-refractivity contribution is 0.975. The van der Waals surface area contributed by atoms with Crippen LogP contribution in [0.5, 0.6) is 0 Å². The summed E-state index contributed by atoms with van der Waals surface area (Å²) >= 11 is 0. The second kappa shape index (κ2) is 3.20. The fourth-order valence-corrected chi connectivity index (χ4v) is 4.39. The Hall–Kier alpha value is -2.54. The number of nitrogens with zero attached hydrogens (tertiary/aromatic N) is 1. The zero-order valence-electron chi connectivity index (χ0n) is 11.6. The summed E-state index contributed by atoms with van der Waals surface area (Å²) in [6.45, 7) is 0. The number of benzene rings is 3. The summed E-state index contributed by atoms with van der Waals surface area (Å²) in [5, 5.41) is 2.82. The molecule has 0 fully saturated rings. The summed E-state index contributed by atoms with van der Waals surface area (Å²) in [6, 6.07) is 20.3. The van der Waals surface area contributed by atoms with Crippen molar-refractivity contribution in [2.45, 2.75) is 12.8 Å². The lowest BCUT2D eigenvalue weighted by Crippen LogP contribution is -2.14. The smallest absolute Gasteiger partial charge is 0.0576 e. The Bertz CT molecular complexity index is 1000. The second-order valence-electron chi connectivity index (χ2n) is 6.24. The van der Waals surface area contributed by atoms with E-state index in [4.69, 9.17) is 0 Å². The average molecular weight is 267 g/mol. The number of fused-ring (bicyclic) bond motifs is 1. The fourth-order valence-electron chi connectivity index (χ4n) is 4.39. The molecule has 1 aromatic heterocycles. The van der Waals surface area contributed by atoms with Crippen molar-refractivity contribution in [1.29, 1.82) is 0 Å². The summed E-state index contributed by atoms with van der Waals surface area (Å²) in [4.78, 5) is 0. The van der Waals surface area contributed by atoms with E-state index >= 15 is 0 Å². The summed E-state index contributed by atoms with van der Waals surface area (Å²) < 4.78 is 2.53. The number of para-hydroxylation sites is 3. The van der Waals surface area contributed by atoms with E-state index in [0.717, 1.165) is 12.8 Å². The molecule has 0 unspecified atom stereocenters. The van der Waals surface area contributed by atoms with Crippen molar-refractivity contribution in [2.24, 2.45) is 0 Å². The molecule has 98 valence electrons. The van der Waals surface area contributed by atoms with E-state index in [2.05, 4.69) is 59.2 Å². The molecule has 2 aliphatic rings. The van der Waals surface area contributed by atoms with Gasteiger partial charge in [-0.25, -0.2) is 0 Å². The number of hydrogen-bond acceptors (Lipinski definition) is 0. The predicted octanol–water partition coefficient (Wildman–Crippen LogP) is 4.59. The first-order valence-corrected chi connectivity index (χ1v) is 7.57. The standard InChI is InChI=1S/C20H13N/c1-4-12-10-14-6-2-8-16-17-9-3-7-15-11-13(5-1)18(12)21(19(14)16)20(15)17/h1-9H,10-11H2. The minimum absolute atomic E-state index is 1.06. The molecule has 0 atom stereocenters. The maximum Gasteiger partial charge on any atom is 0.0576 e. The number of hydrogen-bond donors (Lipinski definition) is 0. The van der Waals surface area contributed by atoms with Crippen LogP contribution < -0.4 is 0 Å². The van der Waals surface area contributed by atoms with Gasteiger partial charge < -0.3 is 4.57 Å². The van der Waals surface area contributed by atoms with Crippen molar-refractivity contribution in [2.75, 3.05) is 0 Å². The van der Waals surface area contributed by atoms with E-state index in [1.807, 2.05) is 0 Å². The molecule has 3 aromatic carbocycles. The van der Waals surface area contributed by atoms with Crippen LogP contribution in [0.15, 0.2) is 54.6 Å². The van der Waals surface area contributed by atoms with Gasteiger partial charge in [0.15, 0.2) is 0 Å². The van der Waals surface area contributed by atoms with E-state index < -0.39 is 0 Å². The van der Waals surface area contributed by atoms with Gasteiger partial charge >= 0.3 is 0 Å². The van der Waals surface area contributed by atoms with Gasteiger partial charge in [0.25, 0.3) is 0 Å². The Labute approximate surface area is 122 Å². The van der Waals surface area contributed by atoms with Crippen LogP contribution >= 0.6 is 0 Å². The van der Waals surface area contributed by atoms with E-state index in [1.54, 1.807) is 0 Å². The molecule has 0 N–H and O–H groups in total. The van der Waals surface area contributed by atoms with Crippen molar-refractivity contribution >= 4 is 21.8 Å². The van der Waals surface area contributed by atoms with E-state index in [-0.39, 0.29) is 0 Å². The summed E-state index contributed by atoms with van der Waals surface area (Å²) in [6.07, 6.45) is 2.12. The van der Waals surface area contributed by atoms with Crippen LogP contribution in [0.2, 0.25) is 0 Å². The molecule has 6 rings (SSSR count). The highest BCUT2D eigenvalue weighted by atomic mass is 15.0. The van der Waals surface area contributed by atoms with Gasteiger partial charge in [0.05, 0.1) is 16.7 Å². The highest BCUT2D eigenvalue weighted by Crippen LogP contribution is 2.44. The van der Waals surface area contributed by atoms with Crippen LogP contribution in [0.1, 0.15) is 22.3 Å². The van der Waals surface area contributed by atoms with Crippen molar-refractivity contribution in [1.82, 2.24) is 4.57 Å². The molecule has 0 aliphatic carbocycles. The Morgan fingerprint density at radius 1 is 0.571 bits per heavy atom. The molecule has 2 aliphatic heterocycles. The molecule has 0 radical (unpaired) electrons. The highest BCUT2D eigenvalue weighted by molar-refractivity contribution is 6.12. The molecule has 0 bridgehead atoms. The zero-order chi connectivity index (χ0) is 13.6. The van der Waals surface area contributed by atoms with Crippen LogP contribution in [0.4, 0.5) is 0 Å². The van der Waals surface area contributed by atoms with Crippen LogP contribution in [0, 0.1) is 0 Å². The zero-order valence-corrected chi connectivity index (χ0v) is 11.6. The minimum Gasteiger partial charge on any atom is -0.308 e. The largest absolute Gasteiger partial charge is 0.308 e. The Morgan fingerprint density at radius 3 is 1.62 bits per heavy atom. The SMILES string of the molecule is c1cc2c3c(c1)Cc1cccc4c5cccc(c5n-3c14)C2. The second-order valence-corrected chi connectivity index (χ2v) is 6.24. The topological polar surface area (TPSA) is 4.93 Å². The van der Waals surface area contributed by atoms with Gasteiger partial charge in [-0.1, -0.05) is 54.6 Å². The third-order valence-corrected chi connectivity index (χ3v) is 5.17. The highest BCUT2D eigenvalue weighted by Gasteiger charge is 2.28. The van der Waals surface area contributed by atoms with Crippen LogP contribution in [0.25, 0.3) is 27.5 Å². The van der Waals surface area contributed by atoms with Gasteiger partial charge in [-0.05, 0) is 22.3 Å². The quantitative estimate of drug-likeness (QED) is 0.379. The lowest BCUT2D eigenvalue weighted by atomic mass is 9.91. The molecule has 0 amide bonds. The Kier molecular flexibility index (Phi) is 1.56. The third kappa shape index (κ3) is 1.04. The molecule has 4 aromatic rings. The molecule has 1 nitrogen and oxygen atoms in total. The predicted molar refractivity (Wildman–Crippen MR) is 86.4 cm³/mol. The first kappa shape index (κ1) is 10.2. The summed E-state index contributed by atoms with van der Waals surface area (Å²) in [5.41, 5.74) is 10.2. The van der Waals surface area contributed by atoms with Crippen LogP contribution in [-0.2, 0) is 12.8 Å². The number of rotatable bonds is 0. The van der Waals surface area contributed by atoms with Crippen molar-refractivity contribution in [3.05, 3.63) is 76.9 Å². The fraction of sp³-hybridized carbons (Fsp3) is 0.100. The van der Waals surface area contributed by atoms with E-state index in [0.29, 0.717) is 0 Å². The lowest BCUT2D eigenvalue weighted by Gasteiger charge is -2.27. The van der Waals surface area contributed by atoms with Crippen LogP contribution in [0.3, 0.4) is 0 Å². The Morgan fingerprint density at radius 2 is 1.05 bits per heavy atom. The normalized spacial score (nSPS) is 14.3. The van der Waals surface area contributed by atoms with Crippen molar-refractivity contribution in [3.8, 4) is 5.69 Å². The molecule has 1 heteroatoms. The molecule has 21 heavy (non-hydrogen) atoms. The van der Waals surface area contributed by atoms with Gasteiger partial charge in [0, 0.05) is 23.6 Å². The maximum atomic E-state index is 2.53. The molecule has 0 saturated heterocycles. The average Bonchev–Trinajstić information content (AvgIpc) is 2.86. The summed E-state index contributed by atoms with van der Waals surface area (Å²) in [7, 11) is 0.